The summed E-state index contributed by atoms with van der Waals surface area (Å²) in [5.41, 5.74) is 0.798. The molecule has 0 aliphatic carbocycles. The van der Waals surface area contributed by atoms with Gasteiger partial charge < -0.3 is 0 Å². The first-order valence-electron chi connectivity index (χ1n) is 6.84. The van der Waals surface area contributed by atoms with Crippen molar-refractivity contribution in [2.45, 2.75) is 31.6 Å². The lowest BCUT2D eigenvalue weighted by Crippen LogP contribution is -2.12. The van der Waals surface area contributed by atoms with Crippen LogP contribution in [0.1, 0.15) is 27.5 Å². The maximum atomic E-state index is 11.9. The van der Waals surface area contributed by atoms with Gasteiger partial charge in [0.15, 0.2) is 0 Å². The van der Waals surface area contributed by atoms with Crippen molar-refractivity contribution in [3.63, 3.8) is 0 Å². The summed E-state index contributed by atoms with van der Waals surface area (Å²) in [6.45, 7) is -4.42. The molecule has 1 aromatic rings. The Bertz CT molecular complexity index is 544. The molecule has 0 radical (unpaired) electrons. The van der Waals surface area contributed by atoms with Gasteiger partial charge in [-0.3, -0.25) is 4.18 Å². The Labute approximate surface area is 93.3 Å². The van der Waals surface area contributed by atoms with E-state index in [1.165, 1.54) is 24.3 Å². The molecular formula is C10H14O3S. The maximum absolute atomic E-state index is 11.9. The zero-order valence-electron chi connectivity index (χ0n) is 13.5. The van der Waals surface area contributed by atoms with Crippen LogP contribution in [0.15, 0.2) is 29.2 Å². The van der Waals surface area contributed by atoms with E-state index in [2.05, 4.69) is 4.18 Å². The van der Waals surface area contributed by atoms with Crippen LogP contribution in [-0.4, -0.2) is 14.5 Å². The van der Waals surface area contributed by atoms with Gasteiger partial charge in [-0.2, -0.15) is 8.42 Å². The van der Waals surface area contributed by atoms with Gasteiger partial charge in [-0.1, -0.05) is 17.7 Å². The van der Waals surface area contributed by atoms with Gasteiger partial charge in [-0.25, -0.2) is 0 Å². The van der Waals surface area contributed by atoms with Crippen LogP contribution in [0.2, 0.25) is 0 Å². The summed E-state index contributed by atoms with van der Waals surface area (Å²) >= 11 is 0. The van der Waals surface area contributed by atoms with Gasteiger partial charge in [0.2, 0.25) is 0 Å². The van der Waals surface area contributed by atoms with Gasteiger partial charge in [-0.05, 0) is 32.8 Å². The van der Waals surface area contributed by atoms with E-state index in [0.29, 0.717) is 0 Å². The minimum Gasteiger partial charge on any atom is -0.264 e. The van der Waals surface area contributed by atoms with Crippen LogP contribution in [-0.2, 0) is 14.3 Å². The van der Waals surface area contributed by atoms with Crippen molar-refractivity contribution in [2.75, 3.05) is 0 Å². The molecule has 0 unspecified atom stereocenters. The fraction of sp³-hybridized carbons (Fsp3) is 0.400. The minimum absolute atomic E-state index is 0.290. The molecule has 3 nitrogen and oxygen atoms in total. The van der Waals surface area contributed by atoms with E-state index >= 15 is 0 Å². The average molecular weight is 220 g/mol. The maximum Gasteiger partial charge on any atom is 0.297 e. The first-order valence-corrected chi connectivity index (χ1v) is 5.25. The Kier molecular flexibility index (Phi) is 1.55. The first-order chi connectivity index (χ1) is 8.84. The highest BCUT2D eigenvalue weighted by molar-refractivity contribution is 7.86. The van der Waals surface area contributed by atoms with Crippen LogP contribution in [0.4, 0.5) is 0 Å². The van der Waals surface area contributed by atoms with Gasteiger partial charge >= 0.3 is 0 Å². The molecule has 0 bridgehead atoms. The van der Waals surface area contributed by atoms with E-state index in [-0.39, 0.29) is 4.90 Å². The third-order valence-corrected chi connectivity index (χ3v) is 2.83. The molecule has 0 amide bonds. The fourth-order valence-electron chi connectivity index (χ4n) is 0.887. The van der Waals surface area contributed by atoms with Crippen molar-refractivity contribution in [2.24, 2.45) is 0 Å². The second-order valence-corrected chi connectivity index (χ2v) is 4.32. The van der Waals surface area contributed by atoms with E-state index in [4.69, 9.17) is 8.22 Å². The van der Waals surface area contributed by atoms with E-state index < -0.39 is 29.9 Å². The third-order valence-electron chi connectivity index (χ3n) is 1.53. The second-order valence-electron chi connectivity index (χ2n) is 2.74. The van der Waals surface area contributed by atoms with Gasteiger partial charge in [-0.15, -0.1) is 0 Å². The number of rotatable bonds is 3. The van der Waals surface area contributed by atoms with Crippen molar-refractivity contribution in [3.05, 3.63) is 29.8 Å². The molecule has 0 saturated carbocycles. The highest BCUT2D eigenvalue weighted by Crippen LogP contribution is 2.14. The van der Waals surface area contributed by atoms with Crippen LogP contribution in [0.3, 0.4) is 0 Å². The summed E-state index contributed by atoms with van der Waals surface area (Å²) in [5.74, 6) is 0. The number of hydrogen-bond acceptors (Lipinski definition) is 3. The highest BCUT2D eigenvalue weighted by atomic mass is 32.2. The fourth-order valence-corrected chi connectivity index (χ4v) is 1.72. The number of hydrogen-bond donors (Lipinski definition) is 0. The second kappa shape index (κ2) is 4.11. The molecule has 14 heavy (non-hydrogen) atoms. The predicted molar refractivity (Wildman–Crippen MR) is 54.6 cm³/mol. The van der Waals surface area contributed by atoms with E-state index in [1.807, 2.05) is 0 Å². The van der Waals surface area contributed by atoms with Crippen molar-refractivity contribution in [1.29, 1.82) is 0 Å². The molecule has 0 N–H and O–H groups in total. The van der Waals surface area contributed by atoms with Crippen LogP contribution in [0.5, 0.6) is 0 Å². The Hall–Kier alpha value is -0.870. The van der Waals surface area contributed by atoms with E-state index in [1.54, 1.807) is 6.92 Å². The summed E-state index contributed by atoms with van der Waals surface area (Å²) in [7, 11) is -4.46. The summed E-state index contributed by atoms with van der Waals surface area (Å²) < 4.78 is 70.9. The van der Waals surface area contributed by atoms with E-state index in [9.17, 15) is 8.42 Å². The molecule has 0 aliphatic heterocycles. The molecule has 0 aromatic heterocycles. The van der Waals surface area contributed by atoms with Crippen molar-refractivity contribution in [1.82, 2.24) is 0 Å². The molecule has 0 saturated heterocycles. The Balaban J connectivity index is 3.13. The van der Waals surface area contributed by atoms with Crippen molar-refractivity contribution in [3.8, 4) is 0 Å². The number of benzene rings is 1. The average Bonchev–Trinajstić information content (AvgIpc) is 2.23. The summed E-state index contributed by atoms with van der Waals surface area (Å²) in [6, 6.07) is 5.44. The molecule has 78 valence electrons. The molecule has 0 spiro atoms. The van der Waals surface area contributed by atoms with E-state index in [0.717, 1.165) is 5.56 Å². The SMILES string of the molecule is [2H]C([2H])([2H])C(OS(=O)(=O)c1ccc(C)cc1)C([2H])([2H])[2H]. The standard InChI is InChI=1S/C10H14O3S/c1-8(2)13-14(11,12)10-6-4-9(3)5-7-10/h4-8H,1-3H3/i1D3,2D3. The minimum atomic E-state index is -4.46. The monoisotopic (exact) mass is 220 g/mol. The van der Waals surface area contributed by atoms with Crippen LogP contribution in [0, 0.1) is 6.92 Å². The van der Waals surface area contributed by atoms with Crippen molar-refractivity contribution < 1.29 is 20.8 Å². The molecular weight excluding hydrogens is 200 g/mol. The topological polar surface area (TPSA) is 43.4 Å². The molecule has 1 aromatic carbocycles. The zero-order chi connectivity index (χ0) is 15.8. The van der Waals surface area contributed by atoms with Crippen molar-refractivity contribution >= 4 is 10.1 Å². The summed E-state index contributed by atoms with van der Waals surface area (Å²) in [4.78, 5) is -0.290. The lowest BCUT2D eigenvalue weighted by molar-refractivity contribution is 0.249. The lowest BCUT2D eigenvalue weighted by atomic mass is 10.2. The van der Waals surface area contributed by atoms with Gasteiger partial charge in [0.25, 0.3) is 10.1 Å². The number of aryl methyl sites for hydroxylation is 1. The predicted octanol–water partition coefficient (Wildman–Crippen LogP) is 2.11. The normalized spacial score (nSPS) is 20.1. The third kappa shape index (κ3) is 2.82. The van der Waals surface area contributed by atoms with Gasteiger partial charge in [0, 0.05) is 8.22 Å². The van der Waals surface area contributed by atoms with Crippen LogP contribution in [0.25, 0.3) is 0 Å². The first kappa shape index (κ1) is 5.28. The molecule has 0 heterocycles. The Morgan fingerprint density at radius 2 is 1.86 bits per heavy atom. The molecule has 1 rings (SSSR count). The van der Waals surface area contributed by atoms with Crippen LogP contribution >= 0.6 is 0 Å². The Morgan fingerprint density at radius 1 is 1.29 bits per heavy atom. The van der Waals surface area contributed by atoms with Gasteiger partial charge in [0.05, 0.1) is 11.0 Å². The molecule has 0 fully saturated rings. The quantitative estimate of drug-likeness (QED) is 0.733. The summed E-state index contributed by atoms with van der Waals surface area (Å²) in [5, 5.41) is 0. The van der Waals surface area contributed by atoms with Gasteiger partial charge in [0.1, 0.15) is 0 Å². The summed E-state index contributed by atoms with van der Waals surface area (Å²) in [6.07, 6.45) is -2.40. The zero-order valence-corrected chi connectivity index (χ0v) is 8.34. The van der Waals surface area contributed by atoms with Crippen LogP contribution < -0.4 is 0 Å². The lowest BCUT2D eigenvalue weighted by Gasteiger charge is -2.08. The smallest absolute Gasteiger partial charge is 0.264 e. The largest absolute Gasteiger partial charge is 0.297 e. The molecule has 0 atom stereocenters. The molecule has 0 aliphatic rings. The Morgan fingerprint density at radius 3 is 2.36 bits per heavy atom. The molecule has 4 heteroatoms. The highest BCUT2D eigenvalue weighted by Gasteiger charge is 2.16.